The van der Waals surface area contributed by atoms with Gasteiger partial charge in [-0.2, -0.15) is 0 Å². The number of nitrogens with zero attached hydrogens (tertiary/aromatic N) is 1. The first kappa shape index (κ1) is 21.8. The summed E-state index contributed by atoms with van der Waals surface area (Å²) in [6.45, 7) is 12.1. The Bertz CT molecular complexity index is 652. The van der Waals surface area contributed by atoms with E-state index in [2.05, 4.69) is 6.58 Å². The first-order valence-electron chi connectivity index (χ1n) is 9.78. The van der Waals surface area contributed by atoms with Crippen molar-refractivity contribution in [3.8, 4) is 5.75 Å². The standard InChI is InChI=1S/C19H21NO2.2C2H6/c1-15-8-9-17(16-6-5-7-18(22)12-16)13-20(15)19(14-21)10-3-2-4-11-19;2*1-2/h5-9,12-14,22H,1-4,10-11H2;2*1-2H3. The molecule has 2 aliphatic rings. The fraction of sp³-hybridized carbons (Fsp3) is 0.435. The molecule has 1 aromatic rings. The Morgan fingerprint density at radius 3 is 2.31 bits per heavy atom. The molecule has 0 amide bonds. The van der Waals surface area contributed by atoms with Gasteiger partial charge in [0.15, 0.2) is 0 Å². The lowest BCUT2D eigenvalue weighted by Gasteiger charge is -2.43. The fourth-order valence-corrected chi connectivity index (χ4v) is 3.38. The number of phenolic OH excluding ortho intramolecular Hbond substituents is 1. The molecular weight excluding hydrogens is 322 g/mol. The SMILES string of the molecule is C=C1C=CC(c2cccc(O)c2)=CN1C1(C=O)CCCCC1.CC.CC. The minimum absolute atomic E-state index is 0.241. The summed E-state index contributed by atoms with van der Waals surface area (Å²) >= 11 is 0. The van der Waals surface area contributed by atoms with Crippen molar-refractivity contribution in [1.29, 1.82) is 0 Å². The smallest absolute Gasteiger partial charge is 0.145 e. The first-order valence-corrected chi connectivity index (χ1v) is 9.78. The van der Waals surface area contributed by atoms with Gasteiger partial charge in [0.1, 0.15) is 12.0 Å². The van der Waals surface area contributed by atoms with E-state index in [1.165, 1.54) is 6.42 Å². The monoisotopic (exact) mass is 355 g/mol. The molecule has 1 aliphatic carbocycles. The Morgan fingerprint density at radius 2 is 1.73 bits per heavy atom. The molecule has 1 N–H and O–H groups in total. The third kappa shape index (κ3) is 4.87. The van der Waals surface area contributed by atoms with Crippen LogP contribution in [0, 0.1) is 0 Å². The highest BCUT2D eigenvalue weighted by molar-refractivity contribution is 5.78. The minimum atomic E-state index is -0.470. The van der Waals surface area contributed by atoms with Gasteiger partial charge < -0.3 is 14.8 Å². The van der Waals surface area contributed by atoms with E-state index in [0.717, 1.165) is 48.8 Å². The Kier molecular flexibility index (Phi) is 8.91. The number of hydrogen-bond donors (Lipinski definition) is 1. The second kappa shape index (κ2) is 10.6. The molecule has 0 saturated heterocycles. The van der Waals surface area contributed by atoms with E-state index < -0.39 is 5.54 Å². The number of hydrogen-bond acceptors (Lipinski definition) is 3. The van der Waals surface area contributed by atoms with Gasteiger partial charge >= 0.3 is 0 Å². The van der Waals surface area contributed by atoms with Gasteiger partial charge in [-0.1, -0.05) is 71.7 Å². The maximum atomic E-state index is 11.8. The summed E-state index contributed by atoms with van der Waals surface area (Å²) in [6.07, 6.45) is 12.1. The Morgan fingerprint density at radius 1 is 1.08 bits per heavy atom. The fourth-order valence-electron chi connectivity index (χ4n) is 3.38. The van der Waals surface area contributed by atoms with E-state index in [1.54, 1.807) is 12.1 Å². The van der Waals surface area contributed by atoms with Crippen molar-refractivity contribution >= 4 is 11.9 Å². The van der Waals surface area contributed by atoms with Crippen molar-refractivity contribution in [1.82, 2.24) is 4.90 Å². The maximum absolute atomic E-state index is 11.8. The zero-order valence-corrected chi connectivity index (χ0v) is 16.7. The summed E-state index contributed by atoms with van der Waals surface area (Å²) in [5.74, 6) is 0.241. The van der Waals surface area contributed by atoms with Crippen molar-refractivity contribution in [3.63, 3.8) is 0 Å². The topological polar surface area (TPSA) is 40.5 Å². The second-order valence-electron chi connectivity index (χ2n) is 6.11. The van der Waals surface area contributed by atoms with Crippen LogP contribution in [-0.4, -0.2) is 21.8 Å². The molecule has 0 bridgehead atoms. The summed E-state index contributed by atoms with van der Waals surface area (Å²) in [4.78, 5) is 13.9. The van der Waals surface area contributed by atoms with Crippen LogP contribution in [0.25, 0.3) is 5.57 Å². The van der Waals surface area contributed by atoms with Crippen molar-refractivity contribution in [2.45, 2.75) is 65.3 Å². The predicted molar refractivity (Wildman–Crippen MR) is 111 cm³/mol. The molecule has 1 aromatic carbocycles. The van der Waals surface area contributed by atoms with E-state index in [0.29, 0.717) is 0 Å². The molecule has 0 aromatic heterocycles. The van der Waals surface area contributed by atoms with Crippen LogP contribution in [0.15, 0.2) is 54.9 Å². The number of benzene rings is 1. The van der Waals surface area contributed by atoms with Crippen LogP contribution in [0.4, 0.5) is 0 Å². The molecular formula is C23H33NO2. The van der Waals surface area contributed by atoms with Gasteiger partial charge in [-0.15, -0.1) is 0 Å². The molecule has 3 nitrogen and oxygen atoms in total. The predicted octanol–water partition coefficient (Wildman–Crippen LogP) is 6.07. The van der Waals surface area contributed by atoms with Crippen LogP contribution >= 0.6 is 0 Å². The van der Waals surface area contributed by atoms with Crippen molar-refractivity contribution in [3.05, 3.63) is 60.5 Å². The third-order valence-electron chi connectivity index (χ3n) is 4.63. The number of aromatic hydroxyl groups is 1. The van der Waals surface area contributed by atoms with Gasteiger partial charge in [-0.05, 0) is 42.2 Å². The number of phenols is 1. The number of allylic oxidation sites excluding steroid dienone is 3. The van der Waals surface area contributed by atoms with E-state index in [-0.39, 0.29) is 5.75 Å². The molecule has 3 heteroatoms. The van der Waals surface area contributed by atoms with Gasteiger partial charge in [0.25, 0.3) is 0 Å². The highest BCUT2D eigenvalue weighted by Crippen LogP contribution is 2.38. The van der Waals surface area contributed by atoms with Crippen LogP contribution in [0.1, 0.15) is 65.4 Å². The van der Waals surface area contributed by atoms with E-state index in [4.69, 9.17) is 0 Å². The van der Waals surface area contributed by atoms with Crippen LogP contribution in [0.5, 0.6) is 5.75 Å². The first-order chi connectivity index (χ1) is 12.6. The van der Waals surface area contributed by atoms with Crippen molar-refractivity contribution < 1.29 is 9.90 Å². The van der Waals surface area contributed by atoms with Gasteiger partial charge in [-0.25, -0.2) is 0 Å². The molecule has 0 radical (unpaired) electrons. The lowest BCUT2D eigenvalue weighted by molar-refractivity contribution is -0.117. The lowest BCUT2D eigenvalue weighted by atomic mass is 9.80. The quantitative estimate of drug-likeness (QED) is 0.669. The summed E-state index contributed by atoms with van der Waals surface area (Å²) in [5, 5.41) is 9.67. The number of aldehydes is 1. The number of carbonyl (C=O) groups excluding carboxylic acids is 1. The molecule has 1 aliphatic heterocycles. The number of rotatable bonds is 3. The molecule has 26 heavy (non-hydrogen) atoms. The Balaban J connectivity index is 0.000000791. The minimum Gasteiger partial charge on any atom is -0.508 e. The Hall–Kier alpha value is -2.29. The molecule has 1 fully saturated rings. The average molecular weight is 356 g/mol. The van der Waals surface area contributed by atoms with Crippen LogP contribution in [-0.2, 0) is 4.79 Å². The summed E-state index contributed by atoms with van der Waals surface area (Å²) in [6, 6.07) is 7.16. The third-order valence-corrected chi connectivity index (χ3v) is 4.63. The van der Waals surface area contributed by atoms with E-state index in [1.807, 2.05) is 63.1 Å². The zero-order valence-electron chi connectivity index (χ0n) is 16.7. The van der Waals surface area contributed by atoms with Crippen molar-refractivity contribution in [2.24, 2.45) is 0 Å². The highest BCUT2D eigenvalue weighted by atomic mass is 16.3. The Labute approximate surface area is 158 Å². The maximum Gasteiger partial charge on any atom is 0.145 e. The van der Waals surface area contributed by atoms with E-state index >= 15 is 0 Å². The molecule has 0 atom stereocenters. The molecule has 142 valence electrons. The van der Waals surface area contributed by atoms with Gasteiger partial charge in [-0.3, -0.25) is 0 Å². The molecule has 3 rings (SSSR count). The lowest BCUT2D eigenvalue weighted by Crippen LogP contribution is -2.48. The van der Waals surface area contributed by atoms with Crippen LogP contribution in [0.3, 0.4) is 0 Å². The van der Waals surface area contributed by atoms with Crippen LogP contribution < -0.4 is 0 Å². The van der Waals surface area contributed by atoms with Gasteiger partial charge in [0.2, 0.25) is 0 Å². The van der Waals surface area contributed by atoms with Crippen molar-refractivity contribution in [2.75, 3.05) is 0 Å². The highest BCUT2D eigenvalue weighted by Gasteiger charge is 2.38. The normalized spacial score (nSPS) is 17.9. The second-order valence-corrected chi connectivity index (χ2v) is 6.11. The van der Waals surface area contributed by atoms with E-state index in [9.17, 15) is 9.90 Å². The molecule has 0 unspecified atom stereocenters. The van der Waals surface area contributed by atoms with Gasteiger partial charge in [0, 0.05) is 11.9 Å². The van der Waals surface area contributed by atoms with Gasteiger partial charge in [0.05, 0.1) is 5.54 Å². The average Bonchev–Trinajstić information content (AvgIpc) is 2.72. The van der Waals surface area contributed by atoms with Crippen LogP contribution in [0.2, 0.25) is 0 Å². The summed E-state index contributed by atoms with van der Waals surface area (Å²) < 4.78 is 0. The number of carbonyl (C=O) groups is 1. The summed E-state index contributed by atoms with van der Waals surface area (Å²) in [5.41, 5.74) is 2.29. The zero-order chi connectivity index (χ0) is 19.6. The molecule has 0 spiro atoms. The molecule has 1 saturated carbocycles. The summed E-state index contributed by atoms with van der Waals surface area (Å²) in [7, 11) is 0. The molecule has 1 heterocycles. The largest absolute Gasteiger partial charge is 0.508 e.